The van der Waals surface area contributed by atoms with Crippen LogP contribution in [0.15, 0.2) is 28.7 Å². The normalized spacial score (nSPS) is 26.4. The summed E-state index contributed by atoms with van der Waals surface area (Å²) in [4.78, 5) is 2.51. The van der Waals surface area contributed by atoms with Gasteiger partial charge in [0.05, 0.1) is 6.04 Å². The van der Waals surface area contributed by atoms with Crippen molar-refractivity contribution in [1.29, 1.82) is 0 Å². The molecule has 1 saturated heterocycles. The van der Waals surface area contributed by atoms with Crippen molar-refractivity contribution in [2.45, 2.75) is 44.8 Å². The van der Waals surface area contributed by atoms with Crippen molar-refractivity contribution in [1.82, 2.24) is 4.90 Å². The van der Waals surface area contributed by atoms with Gasteiger partial charge in [-0.1, -0.05) is 28.1 Å². The lowest BCUT2D eigenvalue weighted by Crippen LogP contribution is -2.43. The molecule has 3 heteroatoms. The third-order valence-electron chi connectivity index (χ3n) is 3.50. The molecule has 1 fully saturated rings. The number of benzene rings is 1. The van der Waals surface area contributed by atoms with Crippen molar-refractivity contribution >= 4 is 15.9 Å². The Balaban J connectivity index is 2.34. The molecule has 0 radical (unpaired) electrons. The monoisotopic (exact) mass is 296 g/mol. The van der Waals surface area contributed by atoms with Gasteiger partial charge in [0.2, 0.25) is 0 Å². The summed E-state index contributed by atoms with van der Waals surface area (Å²) < 4.78 is 1.13. The molecular formula is C14H21BrN2. The molecule has 2 unspecified atom stereocenters. The van der Waals surface area contributed by atoms with Crippen molar-refractivity contribution in [2.24, 2.45) is 5.73 Å². The molecule has 1 aromatic rings. The quantitative estimate of drug-likeness (QED) is 0.861. The van der Waals surface area contributed by atoms with E-state index in [1.807, 2.05) is 0 Å². The summed E-state index contributed by atoms with van der Waals surface area (Å²) in [5, 5.41) is 0. The minimum absolute atomic E-state index is 0.168. The van der Waals surface area contributed by atoms with Gasteiger partial charge in [0.25, 0.3) is 0 Å². The average Bonchev–Trinajstić information content (AvgIpc) is 2.59. The first-order chi connectivity index (χ1) is 7.89. The van der Waals surface area contributed by atoms with Gasteiger partial charge < -0.3 is 5.73 Å². The van der Waals surface area contributed by atoms with Crippen LogP contribution in [0, 0.1) is 0 Å². The summed E-state index contributed by atoms with van der Waals surface area (Å²) in [5.74, 6) is 0. The molecule has 0 aliphatic carbocycles. The second-order valence-corrected chi connectivity index (χ2v) is 6.73. The van der Waals surface area contributed by atoms with E-state index in [0.717, 1.165) is 17.4 Å². The number of halogens is 1. The van der Waals surface area contributed by atoms with Crippen molar-refractivity contribution in [3.8, 4) is 0 Å². The molecule has 0 saturated carbocycles. The lowest BCUT2D eigenvalue weighted by Gasteiger charge is -2.38. The highest BCUT2D eigenvalue weighted by Crippen LogP contribution is 2.37. The van der Waals surface area contributed by atoms with Gasteiger partial charge in [-0.25, -0.2) is 0 Å². The standard InChI is InChI=1S/C14H21BrN2/c1-14(2,3)17-8-7-12(16)13(17)10-5-4-6-11(15)9-10/h4-6,9,12-13H,7-8,16H2,1-3H3. The van der Waals surface area contributed by atoms with Crippen LogP contribution in [0.25, 0.3) is 0 Å². The zero-order valence-electron chi connectivity index (χ0n) is 10.8. The first-order valence-electron chi connectivity index (χ1n) is 6.17. The molecular weight excluding hydrogens is 276 g/mol. The molecule has 0 amide bonds. The van der Waals surface area contributed by atoms with E-state index in [4.69, 9.17) is 5.73 Å². The molecule has 2 rings (SSSR count). The van der Waals surface area contributed by atoms with Crippen LogP contribution < -0.4 is 5.73 Å². The number of nitrogens with two attached hydrogens (primary N) is 1. The SMILES string of the molecule is CC(C)(C)N1CCC(N)C1c1cccc(Br)c1. The summed E-state index contributed by atoms with van der Waals surface area (Å²) in [6.07, 6.45) is 1.08. The van der Waals surface area contributed by atoms with E-state index >= 15 is 0 Å². The molecule has 2 N–H and O–H groups in total. The van der Waals surface area contributed by atoms with E-state index in [-0.39, 0.29) is 11.6 Å². The zero-order chi connectivity index (χ0) is 12.6. The van der Waals surface area contributed by atoms with Gasteiger partial charge in [-0.05, 0) is 44.9 Å². The minimum atomic E-state index is 0.168. The first-order valence-corrected chi connectivity index (χ1v) is 6.96. The number of rotatable bonds is 1. The van der Waals surface area contributed by atoms with Gasteiger partial charge in [0.1, 0.15) is 0 Å². The highest BCUT2D eigenvalue weighted by molar-refractivity contribution is 9.10. The second kappa shape index (κ2) is 4.71. The smallest absolute Gasteiger partial charge is 0.0505 e. The summed E-state index contributed by atoms with van der Waals surface area (Å²) in [6.45, 7) is 7.87. The van der Waals surface area contributed by atoms with E-state index in [0.29, 0.717) is 6.04 Å². The van der Waals surface area contributed by atoms with Crippen LogP contribution in [0.5, 0.6) is 0 Å². The molecule has 1 aliphatic heterocycles. The fourth-order valence-corrected chi connectivity index (χ4v) is 3.10. The Bertz CT molecular complexity index is 397. The number of hydrogen-bond acceptors (Lipinski definition) is 2. The van der Waals surface area contributed by atoms with Crippen LogP contribution in [-0.4, -0.2) is 23.0 Å². The molecule has 0 spiro atoms. The largest absolute Gasteiger partial charge is 0.326 e. The topological polar surface area (TPSA) is 29.3 Å². The van der Waals surface area contributed by atoms with Crippen LogP contribution in [-0.2, 0) is 0 Å². The molecule has 17 heavy (non-hydrogen) atoms. The van der Waals surface area contributed by atoms with Crippen molar-refractivity contribution in [3.63, 3.8) is 0 Å². The minimum Gasteiger partial charge on any atom is -0.326 e. The predicted molar refractivity (Wildman–Crippen MR) is 75.9 cm³/mol. The van der Waals surface area contributed by atoms with Crippen molar-refractivity contribution in [2.75, 3.05) is 6.54 Å². The van der Waals surface area contributed by atoms with Crippen LogP contribution in [0.2, 0.25) is 0 Å². The summed E-state index contributed by atoms with van der Waals surface area (Å²) in [6, 6.07) is 9.10. The summed E-state index contributed by atoms with van der Waals surface area (Å²) >= 11 is 3.54. The zero-order valence-corrected chi connectivity index (χ0v) is 12.4. The molecule has 1 heterocycles. The van der Waals surface area contributed by atoms with E-state index in [1.165, 1.54) is 5.56 Å². The Kier molecular flexibility index (Phi) is 3.62. The Labute approximate surface area is 112 Å². The van der Waals surface area contributed by atoms with Gasteiger partial charge in [-0.3, -0.25) is 4.90 Å². The average molecular weight is 297 g/mol. The molecule has 94 valence electrons. The van der Waals surface area contributed by atoms with Crippen LogP contribution in [0.4, 0.5) is 0 Å². The van der Waals surface area contributed by atoms with E-state index in [2.05, 4.69) is 65.9 Å². The lowest BCUT2D eigenvalue weighted by molar-refractivity contribution is 0.117. The Morgan fingerprint density at radius 1 is 1.35 bits per heavy atom. The maximum Gasteiger partial charge on any atom is 0.0505 e. The van der Waals surface area contributed by atoms with Gasteiger partial charge in [-0.2, -0.15) is 0 Å². The molecule has 2 atom stereocenters. The van der Waals surface area contributed by atoms with Gasteiger partial charge in [0, 0.05) is 22.6 Å². The number of nitrogens with zero attached hydrogens (tertiary/aromatic N) is 1. The Morgan fingerprint density at radius 2 is 2.06 bits per heavy atom. The van der Waals surface area contributed by atoms with Crippen LogP contribution in [0.3, 0.4) is 0 Å². The number of hydrogen-bond donors (Lipinski definition) is 1. The van der Waals surface area contributed by atoms with Crippen molar-refractivity contribution in [3.05, 3.63) is 34.3 Å². The Morgan fingerprint density at radius 3 is 2.65 bits per heavy atom. The van der Waals surface area contributed by atoms with E-state index in [1.54, 1.807) is 0 Å². The van der Waals surface area contributed by atoms with E-state index in [9.17, 15) is 0 Å². The fraction of sp³-hybridized carbons (Fsp3) is 0.571. The molecule has 0 bridgehead atoms. The third-order valence-corrected chi connectivity index (χ3v) is 3.99. The third kappa shape index (κ3) is 2.72. The summed E-state index contributed by atoms with van der Waals surface area (Å²) in [5.41, 5.74) is 7.78. The van der Waals surface area contributed by atoms with Gasteiger partial charge in [0.15, 0.2) is 0 Å². The summed E-state index contributed by atoms with van der Waals surface area (Å²) in [7, 11) is 0. The number of likely N-dealkylation sites (tertiary alicyclic amines) is 1. The maximum absolute atomic E-state index is 6.29. The van der Waals surface area contributed by atoms with Crippen LogP contribution in [0.1, 0.15) is 38.8 Å². The van der Waals surface area contributed by atoms with Crippen LogP contribution >= 0.6 is 15.9 Å². The molecule has 1 aromatic carbocycles. The maximum atomic E-state index is 6.29. The predicted octanol–water partition coefficient (Wildman–Crippen LogP) is 3.32. The molecule has 1 aliphatic rings. The fourth-order valence-electron chi connectivity index (χ4n) is 2.69. The second-order valence-electron chi connectivity index (χ2n) is 5.82. The molecule has 0 aromatic heterocycles. The first kappa shape index (κ1) is 13.1. The van der Waals surface area contributed by atoms with Gasteiger partial charge in [-0.15, -0.1) is 0 Å². The van der Waals surface area contributed by atoms with Gasteiger partial charge >= 0.3 is 0 Å². The van der Waals surface area contributed by atoms with Crippen molar-refractivity contribution < 1.29 is 0 Å². The molecule has 2 nitrogen and oxygen atoms in total. The Hall–Kier alpha value is -0.380. The highest BCUT2D eigenvalue weighted by Gasteiger charge is 2.38. The lowest BCUT2D eigenvalue weighted by atomic mass is 9.97. The highest BCUT2D eigenvalue weighted by atomic mass is 79.9. The van der Waals surface area contributed by atoms with E-state index < -0.39 is 0 Å².